The Morgan fingerprint density at radius 2 is 1.47 bits per heavy atom. The monoisotopic (exact) mass is 837 g/mol. The molecule has 4 bridgehead atoms. The number of allylic oxidation sites excluding steroid dienone is 4. The molecule has 3 aromatic carbocycles. The molecular weight excluding hydrogens is 771 g/mol. The lowest BCUT2D eigenvalue weighted by molar-refractivity contribution is -0.180. The third-order valence-electron chi connectivity index (χ3n) is 19.3. The summed E-state index contributed by atoms with van der Waals surface area (Å²) < 4.78 is 11.1. The maximum atomic E-state index is 15.3. The molecule has 11 unspecified atom stereocenters. The van der Waals surface area contributed by atoms with Crippen molar-refractivity contribution in [3.05, 3.63) is 108 Å². The zero-order chi connectivity index (χ0) is 43.5. The lowest BCUT2D eigenvalue weighted by Crippen LogP contribution is -2.67. The first-order chi connectivity index (χ1) is 29.6. The summed E-state index contributed by atoms with van der Waals surface area (Å²) in [6.07, 6.45) is 15.8. The number of hydrogen-bond acceptors (Lipinski definition) is 6. The van der Waals surface area contributed by atoms with Crippen molar-refractivity contribution >= 4 is 11.7 Å². The molecule has 3 aromatic rings. The van der Waals surface area contributed by atoms with Crippen LogP contribution in [0.25, 0.3) is 11.1 Å². The molecular formula is C55H67NO6. The first-order valence-electron chi connectivity index (χ1n) is 23.6. The van der Waals surface area contributed by atoms with Crippen molar-refractivity contribution < 1.29 is 29.3 Å². The van der Waals surface area contributed by atoms with Crippen molar-refractivity contribution in [2.45, 2.75) is 110 Å². The summed E-state index contributed by atoms with van der Waals surface area (Å²) in [5.41, 5.74) is 2.05. The number of carbonyl (C=O) groups is 2. The Morgan fingerprint density at radius 3 is 2.18 bits per heavy atom. The highest BCUT2D eigenvalue weighted by Gasteiger charge is 2.74. The van der Waals surface area contributed by atoms with E-state index in [1.807, 2.05) is 48.5 Å². The third kappa shape index (κ3) is 5.95. The summed E-state index contributed by atoms with van der Waals surface area (Å²) in [7, 11) is 3.24. The number of methoxy groups -OCH3 is 2. The van der Waals surface area contributed by atoms with E-state index in [1.165, 1.54) is 12.8 Å². The molecule has 9 aliphatic rings. The second kappa shape index (κ2) is 14.7. The van der Waals surface area contributed by atoms with Crippen molar-refractivity contribution in [2.24, 2.45) is 56.7 Å². The second-order valence-corrected chi connectivity index (χ2v) is 21.9. The molecule has 1 amide bonds. The van der Waals surface area contributed by atoms with Gasteiger partial charge in [-0.15, -0.1) is 0 Å². The van der Waals surface area contributed by atoms with E-state index in [4.69, 9.17) is 9.47 Å². The number of rotatable bonds is 11. The number of benzene rings is 3. The van der Waals surface area contributed by atoms with E-state index in [2.05, 4.69) is 75.1 Å². The SMILES string of the molecule is COc1ccc(CC(=O)N(CC2CCC3CC2C3(C)C)CC2(O)CCC3C45C=CC6(C=C4C(=O)c4ccc(-c7ccccc7)cc4)CC(O)CCC6(C)C5CCC32C)cc1OC. The molecule has 62 heavy (non-hydrogen) atoms. The van der Waals surface area contributed by atoms with Gasteiger partial charge in [-0.2, -0.15) is 0 Å². The molecule has 9 aliphatic carbocycles. The topological polar surface area (TPSA) is 96.3 Å². The number of aliphatic hydroxyl groups is 2. The molecule has 12 rings (SSSR count). The molecule has 0 aliphatic heterocycles. The zero-order valence-electron chi connectivity index (χ0n) is 37.8. The molecule has 7 heteroatoms. The molecule has 2 spiro atoms. The molecule has 0 aromatic heterocycles. The van der Waals surface area contributed by atoms with Gasteiger partial charge in [0.2, 0.25) is 5.91 Å². The molecule has 6 fully saturated rings. The average Bonchev–Trinajstić information content (AvgIpc) is 3.55. The number of aliphatic hydroxyl groups excluding tert-OH is 1. The van der Waals surface area contributed by atoms with E-state index < -0.39 is 27.9 Å². The minimum atomic E-state index is -1.15. The lowest BCUT2D eigenvalue weighted by atomic mass is 9.32. The zero-order valence-corrected chi connectivity index (χ0v) is 37.8. The minimum absolute atomic E-state index is 0.000396. The number of fused-ring (bicyclic) bond motifs is 3. The number of nitrogens with zero attached hydrogens (tertiary/aromatic N) is 1. The molecule has 6 saturated carbocycles. The lowest BCUT2D eigenvalue weighted by Gasteiger charge is -2.71. The summed E-state index contributed by atoms with van der Waals surface area (Å²) in [6, 6.07) is 24.1. The summed E-state index contributed by atoms with van der Waals surface area (Å²) in [6.45, 7) is 10.5. The molecule has 328 valence electrons. The van der Waals surface area contributed by atoms with E-state index >= 15 is 4.79 Å². The summed E-state index contributed by atoms with van der Waals surface area (Å²) in [4.78, 5) is 32.3. The van der Waals surface area contributed by atoms with Crippen molar-refractivity contribution in [3.8, 4) is 22.6 Å². The normalized spacial score (nSPS) is 38.2. The summed E-state index contributed by atoms with van der Waals surface area (Å²) >= 11 is 0. The molecule has 7 nitrogen and oxygen atoms in total. The average molecular weight is 838 g/mol. The van der Waals surface area contributed by atoms with Gasteiger partial charge in [-0.05, 0) is 133 Å². The Bertz CT molecular complexity index is 2310. The van der Waals surface area contributed by atoms with Gasteiger partial charge in [-0.3, -0.25) is 9.59 Å². The van der Waals surface area contributed by atoms with Gasteiger partial charge in [0, 0.05) is 40.5 Å². The van der Waals surface area contributed by atoms with Crippen LogP contribution in [0.5, 0.6) is 11.5 Å². The van der Waals surface area contributed by atoms with Gasteiger partial charge in [0.05, 0.1) is 32.3 Å². The van der Waals surface area contributed by atoms with Gasteiger partial charge < -0.3 is 24.6 Å². The number of ketones is 1. The minimum Gasteiger partial charge on any atom is -0.493 e. The second-order valence-electron chi connectivity index (χ2n) is 21.9. The molecule has 0 radical (unpaired) electrons. The highest BCUT2D eigenvalue weighted by molar-refractivity contribution is 6.10. The molecule has 11 atom stereocenters. The van der Waals surface area contributed by atoms with E-state index in [1.54, 1.807) is 14.2 Å². The largest absolute Gasteiger partial charge is 0.493 e. The van der Waals surface area contributed by atoms with Crippen LogP contribution in [-0.2, 0) is 11.2 Å². The van der Waals surface area contributed by atoms with Gasteiger partial charge in [-0.1, -0.05) is 107 Å². The van der Waals surface area contributed by atoms with Crippen molar-refractivity contribution in [1.29, 1.82) is 0 Å². The Morgan fingerprint density at radius 1 is 0.774 bits per heavy atom. The summed E-state index contributed by atoms with van der Waals surface area (Å²) in [5, 5.41) is 24.7. The van der Waals surface area contributed by atoms with Crippen molar-refractivity contribution in [2.75, 3.05) is 27.3 Å². The van der Waals surface area contributed by atoms with Crippen LogP contribution < -0.4 is 9.47 Å². The molecule has 0 saturated heterocycles. The number of Topliss-reactive ketones (excluding diaryl/α,β-unsaturated/α-hetero) is 1. The third-order valence-corrected chi connectivity index (χ3v) is 19.3. The van der Waals surface area contributed by atoms with Crippen LogP contribution in [0.4, 0.5) is 0 Å². The fraction of sp³-hybridized carbons (Fsp3) is 0.564. The summed E-state index contributed by atoms with van der Waals surface area (Å²) in [5.74, 6) is 3.23. The predicted molar refractivity (Wildman–Crippen MR) is 243 cm³/mol. The Kier molecular flexibility index (Phi) is 9.89. The van der Waals surface area contributed by atoms with Gasteiger partial charge in [0.1, 0.15) is 0 Å². The van der Waals surface area contributed by atoms with Crippen LogP contribution in [0.15, 0.2) is 96.6 Å². The van der Waals surface area contributed by atoms with Crippen LogP contribution in [0.1, 0.15) is 108 Å². The van der Waals surface area contributed by atoms with Crippen molar-refractivity contribution in [1.82, 2.24) is 4.90 Å². The predicted octanol–water partition coefficient (Wildman–Crippen LogP) is 10.3. The highest BCUT2D eigenvalue weighted by atomic mass is 16.5. The first kappa shape index (κ1) is 41.8. The number of hydrogen-bond donors (Lipinski definition) is 2. The fourth-order valence-corrected chi connectivity index (χ4v) is 15.5. The van der Waals surface area contributed by atoms with Gasteiger partial charge in [0.15, 0.2) is 17.3 Å². The Labute approximate surface area is 369 Å². The quantitative estimate of drug-likeness (QED) is 0.148. The van der Waals surface area contributed by atoms with Crippen LogP contribution >= 0.6 is 0 Å². The first-order valence-corrected chi connectivity index (χ1v) is 23.6. The standard InChI is InChI=1S/C55H67NO6/c1-50(2)40-18-17-39(42(50)30-40)33-56(48(58)29-35-12-19-44(61-5)45(28-35)62-6)34-54(60)25-22-47-52(54,4)24-21-46-51(3)23-20-41(57)31-53(51)26-27-55(46,47)43(32-53)49(59)38-15-13-37(14-16-38)36-10-8-7-9-11-36/h7-16,19,26-28,32,39-42,46-47,57,60H,17-18,20-25,29-31,33-34H2,1-6H3. The van der Waals surface area contributed by atoms with E-state index in [0.717, 1.165) is 66.7 Å². The van der Waals surface area contributed by atoms with Gasteiger partial charge in [0.25, 0.3) is 0 Å². The number of amides is 1. The van der Waals surface area contributed by atoms with Crippen LogP contribution in [0.2, 0.25) is 0 Å². The fourth-order valence-electron chi connectivity index (χ4n) is 15.5. The maximum absolute atomic E-state index is 15.3. The maximum Gasteiger partial charge on any atom is 0.227 e. The van der Waals surface area contributed by atoms with Crippen LogP contribution in [0.3, 0.4) is 0 Å². The van der Waals surface area contributed by atoms with Crippen molar-refractivity contribution in [3.63, 3.8) is 0 Å². The van der Waals surface area contributed by atoms with E-state index in [-0.39, 0.29) is 47.3 Å². The van der Waals surface area contributed by atoms with Gasteiger partial charge in [-0.25, -0.2) is 0 Å². The van der Waals surface area contributed by atoms with E-state index in [0.29, 0.717) is 48.3 Å². The molecule has 0 heterocycles. The smallest absolute Gasteiger partial charge is 0.227 e. The number of ether oxygens (including phenoxy) is 2. The Hall–Kier alpha value is -4.20. The Balaban J connectivity index is 1.01. The molecule has 2 N–H and O–H groups in total. The number of carbonyl (C=O) groups excluding carboxylic acids is 2. The van der Waals surface area contributed by atoms with E-state index in [9.17, 15) is 15.0 Å². The highest BCUT2D eigenvalue weighted by Crippen LogP contribution is 2.78. The van der Waals surface area contributed by atoms with Crippen LogP contribution in [0, 0.1) is 56.7 Å². The van der Waals surface area contributed by atoms with Gasteiger partial charge >= 0.3 is 0 Å². The van der Waals surface area contributed by atoms with Crippen LogP contribution in [-0.4, -0.2) is 65.8 Å².